The third-order valence-corrected chi connectivity index (χ3v) is 2.20. The van der Waals surface area contributed by atoms with Crippen LogP contribution >= 0.6 is 0 Å². The monoisotopic (exact) mass is 231 g/mol. The summed E-state index contributed by atoms with van der Waals surface area (Å²) >= 11 is 0. The Hall–Kier alpha value is -0.980. The van der Waals surface area contributed by atoms with E-state index in [4.69, 9.17) is 14.2 Å². The van der Waals surface area contributed by atoms with E-state index in [2.05, 4.69) is 6.58 Å². The van der Waals surface area contributed by atoms with Crippen molar-refractivity contribution in [1.29, 1.82) is 0 Å². The average molecular weight is 231 g/mol. The summed E-state index contributed by atoms with van der Waals surface area (Å²) in [5, 5.41) is 10.5. The maximum absolute atomic E-state index is 10.5. The first-order valence-corrected chi connectivity index (χ1v) is 5.10. The summed E-state index contributed by atoms with van der Waals surface area (Å²) < 4.78 is 16.2. The van der Waals surface area contributed by atoms with Gasteiger partial charge in [0.15, 0.2) is 11.9 Å². The minimum atomic E-state index is -0.697. The van der Waals surface area contributed by atoms with Crippen molar-refractivity contribution in [1.82, 2.24) is 0 Å². The van der Waals surface area contributed by atoms with E-state index in [9.17, 15) is 10.1 Å². The molecule has 0 bridgehead atoms. The van der Waals surface area contributed by atoms with E-state index in [-0.39, 0.29) is 13.2 Å². The smallest absolute Gasteiger partial charge is 0.232 e. The number of hydrogen-bond acceptors (Lipinski definition) is 5. The Bertz CT molecular complexity index is 266. The first-order chi connectivity index (χ1) is 7.44. The quantitative estimate of drug-likeness (QED) is 0.387. The molecular formula is C10H17NO5. The van der Waals surface area contributed by atoms with Gasteiger partial charge in [-0.05, 0) is 13.8 Å². The molecule has 0 amide bonds. The Morgan fingerprint density at radius 1 is 1.75 bits per heavy atom. The second-order valence-corrected chi connectivity index (χ2v) is 4.04. The highest BCUT2D eigenvalue weighted by molar-refractivity contribution is 4.79. The summed E-state index contributed by atoms with van der Waals surface area (Å²) in [5.74, 6) is -0.697. The Morgan fingerprint density at radius 3 is 2.88 bits per heavy atom. The lowest BCUT2D eigenvalue weighted by Crippen LogP contribution is -2.38. The molecule has 0 N–H and O–H groups in total. The lowest BCUT2D eigenvalue weighted by atomic mass is 10.2. The molecule has 0 saturated carbocycles. The van der Waals surface area contributed by atoms with Crippen LogP contribution in [0.15, 0.2) is 12.7 Å². The van der Waals surface area contributed by atoms with E-state index in [1.54, 1.807) is 19.9 Å². The fourth-order valence-electron chi connectivity index (χ4n) is 1.51. The predicted octanol–water partition coefficient (Wildman–Crippen LogP) is 0.986. The van der Waals surface area contributed by atoms with Gasteiger partial charge in [0, 0.05) is 4.92 Å². The second-order valence-electron chi connectivity index (χ2n) is 4.04. The molecule has 1 heterocycles. The van der Waals surface area contributed by atoms with Gasteiger partial charge in [-0.15, -0.1) is 6.58 Å². The van der Waals surface area contributed by atoms with Crippen molar-refractivity contribution in [3.8, 4) is 0 Å². The van der Waals surface area contributed by atoms with Gasteiger partial charge in [-0.3, -0.25) is 10.1 Å². The highest BCUT2D eigenvalue weighted by atomic mass is 16.7. The van der Waals surface area contributed by atoms with Gasteiger partial charge in [0.2, 0.25) is 6.54 Å². The average Bonchev–Trinajstić information content (AvgIpc) is 2.52. The Labute approximate surface area is 94.3 Å². The van der Waals surface area contributed by atoms with Crippen molar-refractivity contribution >= 4 is 0 Å². The van der Waals surface area contributed by atoms with Crippen LogP contribution in [-0.2, 0) is 14.2 Å². The molecular weight excluding hydrogens is 214 g/mol. The van der Waals surface area contributed by atoms with E-state index < -0.39 is 22.9 Å². The standard InChI is InChI=1S/C10H17NO5/c1-4-5-14-8(6-11(12)13)9-7-15-10(2,3)16-9/h4,8-9H,1,5-7H2,2-3H3/t8-,9-/m0/s1. The maximum atomic E-state index is 10.5. The van der Waals surface area contributed by atoms with Crippen LogP contribution in [0.2, 0.25) is 0 Å². The van der Waals surface area contributed by atoms with Gasteiger partial charge < -0.3 is 14.2 Å². The van der Waals surface area contributed by atoms with E-state index in [1.807, 2.05) is 0 Å². The van der Waals surface area contributed by atoms with Crippen molar-refractivity contribution in [2.24, 2.45) is 0 Å². The number of nitro groups is 1. The Morgan fingerprint density at radius 2 is 2.44 bits per heavy atom. The summed E-state index contributed by atoms with van der Waals surface area (Å²) in [4.78, 5) is 10.1. The van der Waals surface area contributed by atoms with E-state index in [0.717, 1.165) is 0 Å². The molecule has 0 aromatic rings. The molecule has 1 rings (SSSR count). The van der Waals surface area contributed by atoms with Gasteiger partial charge in [0.1, 0.15) is 6.10 Å². The van der Waals surface area contributed by atoms with Crippen LogP contribution in [-0.4, -0.2) is 42.7 Å². The molecule has 0 aromatic heterocycles. The topological polar surface area (TPSA) is 70.8 Å². The molecule has 16 heavy (non-hydrogen) atoms. The van der Waals surface area contributed by atoms with Crippen LogP contribution < -0.4 is 0 Å². The zero-order valence-electron chi connectivity index (χ0n) is 9.55. The Balaban J connectivity index is 2.54. The van der Waals surface area contributed by atoms with E-state index in [0.29, 0.717) is 6.61 Å². The van der Waals surface area contributed by atoms with E-state index >= 15 is 0 Å². The van der Waals surface area contributed by atoms with Crippen molar-refractivity contribution in [2.45, 2.75) is 31.8 Å². The molecule has 0 aromatic carbocycles. The van der Waals surface area contributed by atoms with Gasteiger partial charge in [-0.2, -0.15) is 0 Å². The first-order valence-electron chi connectivity index (χ1n) is 5.10. The summed E-state index contributed by atoms with van der Waals surface area (Å²) in [6.45, 7) is 7.31. The van der Waals surface area contributed by atoms with Gasteiger partial charge in [-0.1, -0.05) is 6.08 Å². The van der Waals surface area contributed by atoms with Crippen molar-refractivity contribution in [3.63, 3.8) is 0 Å². The molecule has 92 valence electrons. The second kappa shape index (κ2) is 5.38. The largest absolute Gasteiger partial charge is 0.364 e. The molecule has 6 nitrogen and oxygen atoms in total. The molecule has 0 radical (unpaired) electrons. The van der Waals surface area contributed by atoms with Crippen LogP contribution in [0.25, 0.3) is 0 Å². The molecule has 1 aliphatic heterocycles. The SMILES string of the molecule is C=CCO[C@@H](C[N+](=O)[O-])[C@@H]1COC(C)(C)O1. The minimum Gasteiger partial charge on any atom is -0.364 e. The zero-order chi connectivity index (χ0) is 12.2. The molecule has 0 aliphatic carbocycles. The van der Waals surface area contributed by atoms with Crippen LogP contribution in [0.5, 0.6) is 0 Å². The molecule has 2 atom stereocenters. The normalized spacial score (nSPS) is 25.2. The summed E-state index contributed by atoms with van der Waals surface area (Å²) in [6.07, 6.45) is 0.545. The zero-order valence-corrected chi connectivity index (χ0v) is 9.55. The van der Waals surface area contributed by atoms with Crippen LogP contribution in [0, 0.1) is 10.1 Å². The third kappa shape index (κ3) is 3.88. The van der Waals surface area contributed by atoms with Crippen molar-refractivity contribution in [3.05, 3.63) is 22.8 Å². The lowest BCUT2D eigenvalue weighted by Gasteiger charge is -2.21. The number of rotatable bonds is 6. The van der Waals surface area contributed by atoms with Gasteiger partial charge in [0.05, 0.1) is 13.2 Å². The molecule has 0 unspecified atom stereocenters. The van der Waals surface area contributed by atoms with Crippen molar-refractivity contribution in [2.75, 3.05) is 19.8 Å². The third-order valence-electron chi connectivity index (χ3n) is 2.20. The molecule has 6 heteroatoms. The molecule has 1 fully saturated rings. The Kier molecular flexibility index (Phi) is 4.40. The fraction of sp³-hybridized carbons (Fsp3) is 0.800. The van der Waals surface area contributed by atoms with E-state index in [1.165, 1.54) is 0 Å². The van der Waals surface area contributed by atoms with Gasteiger partial charge >= 0.3 is 0 Å². The lowest BCUT2D eigenvalue weighted by molar-refractivity contribution is -0.494. The first kappa shape index (κ1) is 13.1. The highest BCUT2D eigenvalue weighted by Gasteiger charge is 2.39. The predicted molar refractivity (Wildman–Crippen MR) is 56.7 cm³/mol. The summed E-state index contributed by atoms with van der Waals surface area (Å²) in [7, 11) is 0. The fourth-order valence-corrected chi connectivity index (χ4v) is 1.51. The van der Waals surface area contributed by atoms with Gasteiger partial charge in [0.25, 0.3) is 0 Å². The van der Waals surface area contributed by atoms with Gasteiger partial charge in [-0.25, -0.2) is 0 Å². The molecule has 1 aliphatic rings. The minimum absolute atomic E-state index is 0.263. The maximum Gasteiger partial charge on any atom is 0.232 e. The summed E-state index contributed by atoms with van der Waals surface area (Å²) in [5.41, 5.74) is 0. The van der Waals surface area contributed by atoms with Crippen LogP contribution in [0.4, 0.5) is 0 Å². The number of hydrogen-bond donors (Lipinski definition) is 0. The van der Waals surface area contributed by atoms with Crippen molar-refractivity contribution < 1.29 is 19.1 Å². The van der Waals surface area contributed by atoms with Crippen LogP contribution in [0.3, 0.4) is 0 Å². The highest BCUT2D eigenvalue weighted by Crippen LogP contribution is 2.25. The number of nitrogens with zero attached hydrogens (tertiary/aromatic N) is 1. The molecule has 1 saturated heterocycles. The number of ether oxygens (including phenoxy) is 3. The van der Waals surface area contributed by atoms with Crippen LogP contribution in [0.1, 0.15) is 13.8 Å². The summed E-state index contributed by atoms with van der Waals surface area (Å²) in [6, 6.07) is 0. The molecule has 0 spiro atoms.